The van der Waals surface area contributed by atoms with Gasteiger partial charge in [0, 0.05) is 6.54 Å². The van der Waals surface area contributed by atoms with Gasteiger partial charge >= 0.3 is 6.18 Å². The van der Waals surface area contributed by atoms with Gasteiger partial charge < -0.3 is 4.90 Å². The maximum absolute atomic E-state index is 15.4. The average Bonchev–Trinajstić information content (AvgIpc) is 3.23. The van der Waals surface area contributed by atoms with Crippen molar-refractivity contribution < 1.29 is 17.6 Å². The minimum Gasteiger partial charge on any atom is -0.347 e. The van der Waals surface area contributed by atoms with E-state index in [0.29, 0.717) is 30.0 Å². The lowest BCUT2D eigenvalue weighted by molar-refractivity contribution is -0.137. The minimum atomic E-state index is -4.37. The van der Waals surface area contributed by atoms with Crippen molar-refractivity contribution in [3.05, 3.63) is 53.2 Å². The van der Waals surface area contributed by atoms with Crippen molar-refractivity contribution in [1.82, 2.24) is 9.97 Å². The predicted octanol–water partition coefficient (Wildman–Crippen LogP) is 7.13. The van der Waals surface area contributed by atoms with Gasteiger partial charge in [0.25, 0.3) is 0 Å². The van der Waals surface area contributed by atoms with Crippen LogP contribution in [0.2, 0.25) is 0 Å². The third kappa shape index (κ3) is 5.07. The van der Waals surface area contributed by atoms with E-state index >= 15 is 4.39 Å². The van der Waals surface area contributed by atoms with Crippen LogP contribution < -0.4 is 4.90 Å². The van der Waals surface area contributed by atoms with Gasteiger partial charge in [0.1, 0.15) is 6.33 Å². The van der Waals surface area contributed by atoms with Gasteiger partial charge in [-0.05, 0) is 80.4 Å². The summed E-state index contributed by atoms with van der Waals surface area (Å²) in [6, 6.07) is 5.00. The molecule has 1 aromatic carbocycles. The van der Waals surface area contributed by atoms with Crippen molar-refractivity contribution in [2.45, 2.75) is 77.4 Å². The topological polar surface area (TPSA) is 29.0 Å². The number of aryl methyl sites for hydroxylation is 1. The second-order valence-corrected chi connectivity index (χ2v) is 10.1. The smallest absolute Gasteiger partial charge is 0.347 e. The lowest BCUT2D eigenvalue weighted by Crippen LogP contribution is -2.26. The molecule has 1 aliphatic heterocycles. The van der Waals surface area contributed by atoms with Gasteiger partial charge in [-0.1, -0.05) is 26.0 Å². The zero-order valence-corrected chi connectivity index (χ0v) is 18.8. The first-order valence-corrected chi connectivity index (χ1v) is 11.6. The van der Waals surface area contributed by atoms with Crippen LogP contribution in [-0.4, -0.2) is 16.5 Å². The number of halogens is 4. The van der Waals surface area contributed by atoms with E-state index < -0.39 is 11.7 Å². The van der Waals surface area contributed by atoms with Crippen molar-refractivity contribution in [1.29, 1.82) is 0 Å². The first kappa shape index (κ1) is 23.0. The van der Waals surface area contributed by atoms with Gasteiger partial charge in [-0.3, -0.25) is 0 Å². The molecule has 2 fully saturated rings. The standard InChI is InChI=1S/C25H31F4N3/c1-24(2)13-11-17(12-14-24)5-10-20-22(26)23(31-16-30-20)32-15-3-4-21(32)18-6-8-19(9-7-18)25(27,28)29/h6-9,16-17,21H,3-5,10-15H2,1-2H3/t21-/m1/s1. The molecular weight excluding hydrogens is 418 g/mol. The highest BCUT2D eigenvalue weighted by molar-refractivity contribution is 5.46. The maximum atomic E-state index is 15.4. The fourth-order valence-corrected chi connectivity index (χ4v) is 5.12. The van der Waals surface area contributed by atoms with E-state index in [1.807, 2.05) is 4.90 Å². The van der Waals surface area contributed by atoms with Gasteiger partial charge in [-0.15, -0.1) is 0 Å². The van der Waals surface area contributed by atoms with Crippen molar-refractivity contribution in [3.63, 3.8) is 0 Å². The average molecular weight is 450 g/mol. The van der Waals surface area contributed by atoms with E-state index in [9.17, 15) is 13.2 Å². The Hall–Kier alpha value is -2.18. The highest BCUT2D eigenvalue weighted by atomic mass is 19.4. The summed E-state index contributed by atoms with van der Waals surface area (Å²) in [6.07, 6.45) is 4.91. The van der Waals surface area contributed by atoms with Crippen LogP contribution in [0.3, 0.4) is 0 Å². The fourth-order valence-electron chi connectivity index (χ4n) is 5.12. The molecule has 2 aromatic rings. The lowest BCUT2D eigenvalue weighted by atomic mass is 9.72. The number of alkyl halides is 3. The molecule has 7 heteroatoms. The minimum absolute atomic E-state index is 0.185. The first-order chi connectivity index (χ1) is 15.1. The molecule has 4 rings (SSSR count). The molecule has 0 amide bonds. The zero-order chi connectivity index (χ0) is 22.9. The number of hydrogen-bond donors (Lipinski definition) is 0. The highest BCUT2D eigenvalue weighted by Crippen LogP contribution is 2.40. The lowest BCUT2D eigenvalue weighted by Gasteiger charge is -2.34. The summed E-state index contributed by atoms with van der Waals surface area (Å²) in [5.74, 6) is 0.483. The quantitative estimate of drug-likeness (QED) is 0.455. The Kier molecular flexibility index (Phi) is 6.46. The van der Waals surface area contributed by atoms with Crippen molar-refractivity contribution in [3.8, 4) is 0 Å². The summed E-state index contributed by atoms with van der Waals surface area (Å²) >= 11 is 0. The molecule has 32 heavy (non-hydrogen) atoms. The Morgan fingerprint density at radius 3 is 2.38 bits per heavy atom. The summed E-state index contributed by atoms with van der Waals surface area (Å²) in [7, 11) is 0. The molecule has 1 saturated heterocycles. The number of anilines is 1. The Balaban J connectivity index is 1.47. The Morgan fingerprint density at radius 1 is 1.03 bits per heavy atom. The van der Waals surface area contributed by atoms with Gasteiger partial charge in [0.2, 0.25) is 0 Å². The molecule has 174 valence electrons. The van der Waals surface area contributed by atoms with Crippen LogP contribution in [0, 0.1) is 17.2 Å². The van der Waals surface area contributed by atoms with Crippen LogP contribution >= 0.6 is 0 Å². The predicted molar refractivity (Wildman–Crippen MR) is 117 cm³/mol. The van der Waals surface area contributed by atoms with Crippen LogP contribution in [-0.2, 0) is 12.6 Å². The van der Waals surface area contributed by atoms with Gasteiger partial charge in [0.05, 0.1) is 17.3 Å². The Morgan fingerprint density at radius 2 is 1.72 bits per heavy atom. The molecule has 0 spiro atoms. The molecule has 1 atom stereocenters. The summed E-state index contributed by atoms with van der Waals surface area (Å²) in [4.78, 5) is 10.3. The molecule has 1 aliphatic carbocycles. The van der Waals surface area contributed by atoms with E-state index in [0.717, 1.165) is 37.0 Å². The molecule has 0 N–H and O–H groups in total. The van der Waals surface area contributed by atoms with Crippen LogP contribution in [0.25, 0.3) is 0 Å². The summed E-state index contributed by atoms with van der Waals surface area (Å²) in [6.45, 7) is 5.24. The van der Waals surface area contributed by atoms with Gasteiger partial charge in [0.15, 0.2) is 11.6 Å². The Bertz CT molecular complexity index is 914. The Labute approximate surface area is 187 Å². The van der Waals surface area contributed by atoms with Crippen molar-refractivity contribution in [2.75, 3.05) is 11.4 Å². The molecule has 1 saturated carbocycles. The molecule has 3 nitrogen and oxygen atoms in total. The van der Waals surface area contributed by atoms with E-state index in [1.54, 1.807) is 0 Å². The monoisotopic (exact) mass is 449 g/mol. The van der Waals surface area contributed by atoms with Crippen LogP contribution in [0.1, 0.15) is 81.7 Å². The third-order valence-electron chi connectivity index (χ3n) is 7.24. The SMILES string of the molecule is CC1(C)CCC(CCc2ncnc(N3CCC[C@@H]3c3ccc(C(F)(F)F)cc3)c2F)CC1. The second-order valence-electron chi connectivity index (χ2n) is 10.1. The third-order valence-corrected chi connectivity index (χ3v) is 7.24. The van der Waals surface area contributed by atoms with E-state index in [-0.39, 0.29) is 17.7 Å². The molecule has 0 bridgehead atoms. The van der Waals surface area contributed by atoms with E-state index in [4.69, 9.17) is 0 Å². The van der Waals surface area contributed by atoms with Crippen LogP contribution in [0.4, 0.5) is 23.4 Å². The largest absolute Gasteiger partial charge is 0.416 e. The number of nitrogens with zero attached hydrogens (tertiary/aromatic N) is 3. The molecule has 0 unspecified atom stereocenters. The molecule has 0 radical (unpaired) electrons. The second kappa shape index (κ2) is 8.99. The number of benzene rings is 1. The number of aromatic nitrogens is 2. The normalized spacial score (nSPS) is 21.8. The van der Waals surface area contributed by atoms with Gasteiger partial charge in [-0.25, -0.2) is 14.4 Å². The van der Waals surface area contributed by atoms with E-state index in [2.05, 4.69) is 23.8 Å². The molecule has 2 heterocycles. The van der Waals surface area contributed by atoms with Crippen LogP contribution in [0.15, 0.2) is 30.6 Å². The number of hydrogen-bond acceptors (Lipinski definition) is 3. The zero-order valence-electron chi connectivity index (χ0n) is 18.8. The summed E-state index contributed by atoms with van der Waals surface area (Å²) in [5, 5.41) is 0. The molecule has 2 aliphatic rings. The van der Waals surface area contributed by atoms with Gasteiger partial charge in [-0.2, -0.15) is 13.2 Å². The highest BCUT2D eigenvalue weighted by Gasteiger charge is 2.33. The van der Waals surface area contributed by atoms with Crippen molar-refractivity contribution in [2.24, 2.45) is 11.3 Å². The molecular formula is C25H31F4N3. The van der Waals surface area contributed by atoms with Crippen molar-refractivity contribution >= 4 is 5.82 Å². The summed E-state index contributed by atoms with van der Waals surface area (Å²) in [5.41, 5.74) is 0.928. The van der Waals surface area contributed by atoms with E-state index in [1.165, 1.54) is 44.1 Å². The van der Waals surface area contributed by atoms with Crippen LogP contribution in [0.5, 0.6) is 0 Å². The number of rotatable bonds is 5. The summed E-state index contributed by atoms with van der Waals surface area (Å²) < 4.78 is 54.1. The fraction of sp³-hybridized carbons (Fsp3) is 0.600. The maximum Gasteiger partial charge on any atom is 0.416 e. The first-order valence-electron chi connectivity index (χ1n) is 11.6. The molecule has 1 aromatic heterocycles.